The summed E-state index contributed by atoms with van der Waals surface area (Å²) in [6, 6.07) is 20.4. The number of unbranched alkanes of at least 4 members (excludes halogenated alkanes) is 2. The van der Waals surface area contributed by atoms with Crippen LogP contribution in [0.25, 0.3) is 23.3 Å². The molecule has 4 N–H and O–H groups in total. The van der Waals surface area contributed by atoms with Crippen molar-refractivity contribution >= 4 is 36.0 Å². The summed E-state index contributed by atoms with van der Waals surface area (Å²) in [6.45, 7) is 9.82. The molecular weight excluding hydrogens is 791 g/mol. The van der Waals surface area contributed by atoms with Gasteiger partial charge >= 0.3 is 23.9 Å². The van der Waals surface area contributed by atoms with Crippen molar-refractivity contribution in [2.45, 2.75) is 65.0 Å². The Hall–Kier alpha value is -5.12. The Morgan fingerprint density at radius 3 is 1.81 bits per heavy atom. The fourth-order valence-corrected chi connectivity index (χ4v) is 8.47. The van der Waals surface area contributed by atoms with E-state index in [2.05, 4.69) is 78.3 Å². The Labute approximate surface area is 366 Å². The number of nitrogens with zero attached hydrogens (tertiary/aromatic N) is 5. The van der Waals surface area contributed by atoms with Crippen LogP contribution in [0.5, 0.6) is 5.75 Å². The van der Waals surface area contributed by atoms with E-state index in [9.17, 15) is 39.6 Å². The zero-order valence-corrected chi connectivity index (χ0v) is 36.4. The van der Waals surface area contributed by atoms with Gasteiger partial charge in [0.15, 0.2) is 0 Å². The molecule has 62 heavy (non-hydrogen) atoms. The van der Waals surface area contributed by atoms with Crippen LogP contribution in [-0.4, -0.2) is 167 Å². The number of carbonyl (C=O) groups is 4. The summed E-state index contributed by atoms with van der Waals surface area (Å²) >= 11 is 0. The molecule has 0 bridgehead atoms. The monoisotopic (exact) mass is 855 g/mol. The zero-order valence-electron chi connectivity index (χ0n) is 36.4. The van der Waals surface area contributed by atoms with E-state index in [0.717, 1.165) is 73.2 Å². The Morgan fingerprint density at radius 1 is 0.645 bits per heavy atom. The highest BCUT2D eigenvalue weighted by Gasteiger charge is 2.29. The number of benzene rings is 3. The van der Waals surface area contributed by atoms with Gasteiger partial charge < -0.3 is 30.1 Å². The van der Waals surface area contributed by atoms with Crippen molar-refractivity contribution in [3.8, 4) is 16.9 Å². The maximum absolute atomic E-state index is 12.2. The van der Waals surface area contributed by atoms with Gasteiger partial charge in [-0.25, -0.2) is 0 Å². The molecule has 14 heteroatoms. The fraction of sp³-hybridized carbons (Fsp3) is 0.500. The number of hydrogen-bond donors (Lipinski definition) is 4. The Morgan fingerprint density at radius 2 is 1.23 bits per heavy atom. The third-order valence-corrected chi connectivity index (χ3v) is 12.0. The van der Waals surface area contributed by atoms with E-state index in [1.54, 1.807) is 4.90 Å². The minimum Gasteiger partial charge on any atom is -0.493 e. The van der Waals surface area contributed by atoms with E-state index in [-0.39, 0.29) is 19.6 Å². The number of aliphatic carboxylic acids is 4. The van der Waals surface area contributed by atoms with E-state index >= 15 is 0 Å². The SMILES string of the molecule is Cc1cc(CN2CCCC[C@H]2C(=O)O)c(OCCCCCN2CCN(CC(=O)O)CCN(CC(=O)O)CCN(CC(=O)O)CC2)cc1/C=C/c1cccc(-c2ccccc2)c1C. The summed E-state index contributed by atoms with van der Waals surface area (Å²) < 4.78 is 6.56. The molecule has 2 fully saturated rings. The normalized spacial score (nSPS) is 18.3. The van der Waals surface area contributed by atoms with Crippen molar-refractivity contribution in [2.75, 3.05) is 91.7 Å². The van der Waals surface area contributed by atoms with Crippen LogP contribution in [-0.2, 0) is 25.7 Å². The smallest absolute Gasteiger partial charge is 0.320 e. The molecule has 5 rings (SSSR count). The second kappa shape index (κ2) is 24.5. The molecule has 1 atom stereocenters. The van der Waals surface area contributed by atoms with Gasteiger partial charge in [-0.15, -0.1) is 0 Å². The van der Waals surface area contributed by atoms with Gasteiger partial charge in [-0.05, 0) is 98.5 Å². The van der Waals surface area contributed by atoms with Crippen LogP contribution < -0.4 is 4.74 Å². The van der Waals surface area contributed by atoms with Crippen LogP contribution in [0.3, 0.4) is 0 Å². The Kier molecular flexibility index (Phi) is 18.9. The van der Waals surface area contributed by atoms with Crippen LogP contribution in [0.4, 0.5) is 0 Å². The van der Waals surface area contributed by atoms with Crippen molar-refractivity contribution in [3.05, 3.63) is 88.5 Å². The highest BCUT2D eigenvalue weighted by Crippen LogP contribution is 2.31. The first-order chi connectivity index (χ1) is 29.9. The highest BCUT2D eigenvalue weighted by atomic mass is 16.5. The summed E-state index contributed by atoms with van der Waals surface area (Å²) in [5.41, 5.74) is 7.75. The first-order valence-electron chi connectivity index (χ1n) is 22.0. The lowest BCUT2D eigenvalue weighted by atomic mass is 9.95. The quantitative estimate of drug-likeness (QED) is 0.0866. The molecule has 0 aromatic heterocycles. The number of ether oxygens (including phenoxy) is 1. The van der Waals surface area contributed by atoms with E-state index in [4.69, 9.17) is 4.74 Å². The standard InChI is InChI=1S/C48H65N5O9/c1-36-30-41(32-53-20-9-7-16-43(53)48(60)61)44(31-40(36)18-17-38-14-11-15-42(37(38)2)39-12-5-3-6-13-39)62-29-10-4-8-19-49-21-23-50(33-45(54)55)25-27-52(35-47(58)59)28-26-51(24-22-49)34-46(56)57/h3,5-6,11-15,17-18,30-31,43H,4,7-10,16,19-29,32-35H2,1-2H3,(H,54,55)(H,56,57)(H,58,59)(H,60,61)/b18-17+/t43-/m0/s1. The molecule has 3 aromatic carbocycles. The van der Waals surface area contributed by atoms with E-state index in [1.807, 2.05) is 28.0 Å². The molecule has 2 saturated heterocycles. The van der Waals surface area contributed by atoms with Gasteiger partial charge in [0.05, 0.1) is 26.2 Å². The van der Waals surface area contributed by atoms with E-state index < -0.39 is 29.9 Å². The molecule has 14 nitrogen and oxygen atoms in total. The highest BCUT2D eigenvalue weighted by molar-refractivity contribution is 5.78. The summed E-state index contributed by atoms with van der Waals surface area (Å²) in [5.74, 6) is -2.91. The van der Waals surface area contributed by atoms with Crippen LogP contribution in [0.2, 0.25) is 0 Å². The molecule has 2 aliphatic rings. The van der Waals surface area contributed by atoms with Crippen LogP contribution in [0.15, 0.2) is 60.7 Å². The van der Waals surface area contributed by atoms with Crippen LogP contribution in [0.1, 0.15) is 66.3 Å². The molecule has 0 radical (unpaired) electrons. The first-order valence-corrected chi connectivity index (χ1v) is 22.0. The number of carboxylic acid groups (broad SMARTS) is 4. The lowest BCUT2D eigenvalue weighted by Gasteiger charge is -2.33. The fourth-order valence-electron chi connectivity index (χ4n) is 8.47. The predicted molar refractivity (Wildman–Crippen MR) is 240 cm³/mol. The molecule has 336 valence electrons. The van der Waals surface area contributed by atoms with Crippen molar-refractivity contribution in [1.82, 2.24) is 24.5 Å². The molecule has 2 aliphatic heterocycles. The van der Waals surface area contributed by atoms with Crippen molar-refractivity contribution in [3.63, 3.8) is 0 Å². The van der Waals surface area contributed by atoms with Gasteiger partial charge in [-0.3, -0.25) is 38.8 Å². The maximum atomic E-state index is 12.2. The third-order valence-electron chi connectivity index (χ3n) is 12.0. The number of likely N-dealkylation sites (tertiary alicyclic amines) is 1. The second-order valence-corrected chi connectivity index (χ2v) is 16.6. The Bertz CT molecular complexity index is 1940. The number of carboxylic acids is 4. The number of rotatable bonds is 19. The molecule has 0 spiro atoms. The number of hydrogen-bond acceptors (Lipinski definition) is 10. The lowest BCUT2D eigenvalue weighted by molar-refractivity contribution is -0.145. The molecule has 3 aromatic rings. The summed E-state index contributed by atoms with van der Waals surface area (Å²) in [5, 5.41) is 38.6. The minimum atomic E-state index is -0.984. The summed E-state index contributed by atoms with van der Waals surface area (Å²) in [7, 11) is 0. The van der Waals surface area contributed by atoms with Crippen molar-refractivity contribution < 1.29 is 44.3 Å². The average Bonchev–Trinajstić information content (AvgIpc) is 3.23. The molecular formula is C48H65N5O9. The van der Waals surface area contributed by atoms with Crippen molar-refractivity contribution in [2.24, 2.45) is 0 Å². The van der Waals surface area contributed by atoms with E-state index in [0.29, 0.717) is 71.9 Å². The van der Waals surface area contributed by atoms with E-state index in [1.165, 1.54) is 16.7 Å². The molecule has 2 heterocycles. The van der Waals surface area contributed by atoms with Gasteiger partial charge in [0, 0.05) is 64.5 Å². The first kappa shape index (κ1) is 47.9. The average molecular weight is 856 g/mol. The number of aryl methyl sites for hydroxylation is 1. The largest absolute Gasteiger partial charge is 0.493 e. The minimum absolute atomic E-state index is 0.147. The molecule has 0 aliphatic carbocycles. The van der Waals surface area contributed by atoms with Gasteiger partial charge in [-0.2, -0.15) is 0 Å². The Balaban J connectivity index is 1.25. The maximum Gasteiger partial charge on any atom is 0.320 e. The third kappa shape index (κ3) is 15.3. The second-order valence-electron chi connectivity index (χ2n) is 16.6. The van der Waals surface area contributed by atoms with Crippen LogP contribution in [0, 0.1) is 13.8 Å². The van der Waals surface area contributed by atoms with Crippen molar-refractivity contribution in [1.29, 1.82) is 0 Å². The van der Waals surface area contributed by atoms with Gasteiger partial charge in [0.2, 0.25) is 0 Å². The molecule has 0 saturated carbocycles. The topological polar surface area (TPSA) is 175 Å². The number of piperidine rings is 1. The predicted octanol–water partition coefficient (Wildman–Crippen LogP) is 5.60. The molecule has 0 amide bonds. The van der Waals surface area contributed by atoms with Gasteiger partial charge in [-0.1, -0.05) is 73.2 Å². The molecule has 0 unspecified atom stereocenters. The summed E-state index contributed by atoms with van der Waals surface area (Å²) in [4.78, 5) is 56.8. The van der Waals surface area contributed by atoms with Gasteiger partial charge in [0.25, 0.3) is 0 Å². The van der Waals surface area contributed by atoms with Gasteiger partial charge in [0.1, 0.15) is 11.8 Å². The zero-order chi connectivity index (χ0) is 44.4. The summed E-state index contributed by atoms with van der Waals surface area (Å²) in [6.07, 6.45) is 9.28. The van der Waals surface area contributed by atoms with Crippen LogP contribution >= 0.6 is 0 Å². The lowest BCUT2D eigenvalue weighted by Crippen LogP contribution is -2.48.